The molecule has 110 valence electrons. The van der Waals surface area contributed by atoms with Gasteiger partial charge >= 0.3 is 6.18 Å². The Kier molecular flexibility index (Phi) is 4.69. The van der Waals surface area contributed by atoms with E-state index in [1.165, 1.54) is 17.8 Å². The fourth-order valence-electron chi connectivity index (χ4n) is 1.68. The molecule has 0 fully saturated rings. The number of aliphatic hydroxyl groups is 1. The van der Waals surface area contributed by atoms with Crippen LogP contribution in [0, 0.1) is 0 Å². The molecule has 0 amide bonds. The second-order valence-electron chi connectivity index (χ2n) is 4.28. The minimum absolute atomic E-state index is 0.412. The van der Waals surface area contributed by atoms with Gasteiger partial charge < -0.3 is 9.90 Å². The van der Waals surface area contributed by atoms with Gasteiger partial charge in [-0.25, -0.2) is 0 Å². The standard InChI is InChI=1S/C15H11F3O2S/c16-15(17,18)11-2-1-3-13(8-11)21-12-6-4-10(5-7-12)14(20)9-19/h1-9,14,20H. The van der Waals surface area contributed by atoms with Gasteiger partial charge in [0.25, 0.3) is 0 Å². The average molecular weight is 312 g/mol. The van der Waals surface area contributed by atoms with Crippen molar-refractivity contribution in [2.75, 3.05) is 0 Å². The molecule has 0 aromatic heterocycles. The summed E-state index contributed by atoms with van der Waals surface area (Å²) in [5.41, 5.74) is -0.251. The maximum atomic E-state index is 12.6. The fourth-order valence-corrected chi connectivity index (χ4v) is 2.56. The van der Waals surface area contributed by atoms with E-state index in [1.54, 1.807) is 30.3 Å². The summed E-state index contributed by atoms with van der Waals surface area (Å²) in [6.45, 7) is 0. The molecule has 0 heterocycles. The molecule has 0 spiro atoms. The lowest BCUT2D eigenvalue weighted by molar-refractivity contribution is -0.137. The third kappa shape index (κ3) is 4.09. The first-order valence-corrected chi connectivity index (χ1v) is 6.80. The maximum Gasteiger partial charge on any atom is 0.416 e. The fraction of sp³-hybridized carbons (Fsp3) is 0.133. The van der Waals surface area contributed by atoms with Crippen molar-refractivity contribution in [3.05, 3.63) is 59.7 Å². The van der Waals surface area contributed by atoms with Crippen molar-refractivity contribution in [3.63, 3.8) is 0 Å². The topological polar surface area (TPSA) is 37.3 Å². The van der Waals surface area contributed by atoms with E-state index in [2.05, 4.69) is 0 Å². The second kappa shape index (κ2) is 6.32. The molecule has 2 rings (SSSR count). The van der Waals surface area contributed by atoms with Crippen LogP contribution < -0.4 is 0 Å². The highest BCUT2D eigenvalue weighted by Crippen LogP contribution is 2.34. The number of carbonyl (C=O) groups excluding carboxylic acids is 1. The third-order valence-electron chi connectivity index (χ3n) is 2.75. The molecule has 1 unspecified atom stereocenters. The number of halogens is 3. The maximum absolute atomic E-state index is 12.6. The lowest BCUT2D eigenvalue weighted by atomic mass is 10.1. The Hall–Kier alpha value is -1.79. The Morgan fingerprint density at radius 2 is 1.71 bits per heavy atom. The quantitative estimate of drug-likeness (QED) is 0.864. The average Bonchev–Trinajstić information content (AvgIpc) is 2.47. The molecular weight excluding hydrogens is 301 g/mol. The Balaban J connectivity index is 2.17. The molecule has 0 aliphatic carbocycles. The van der Waals surface area contributed by atoms with E-state index < -0.39 is 17.8 Å². The smallest absolute Gasteiger partial charge is 0.381 e. The van der Waals surface area contributed by atoms with Gasteiger partial charge in [0.2, 0.25) is 0 Å². The molecule has 0 aliphatic rings. The van der Waals surface area contributed by atoms with E-state index in [1.807, 2.05) is 0 Å². The van der Waals surface area contributed by atoms with Crippen LogP contribution in [0.25, 0.3) is 0 Å². The number of aldehydes is 1. The van der Waals surface area contributed by atoms with Gasteiger partial charge in [-0.3, -0.25) is 0 Å². The summed E-state index contributed by atoms with van der Waals surface area (Å²) < 4.78 is 37.9. The minimum atomic E-state index is -4.37. The normalized spacial score (nSPS) is 13.0. The van der Waals surface area contributed by atoms with Crippen LogP contribution in [0.3, 0.4) is 0 Å². The van der Waals surface area contributed by atoms with Gasteiger partial charge in [-0.1, -0.05) is 30.0 Å². The molecule has 0 saturated carbocycles. The van der Waals surface area contributed by atoms with Gasteiger partial charge in [0, 0.05) is 9.79 Å². The van der Waals surface area contributed by atoms with Crippen LogP contribution in [0.1, 0.15) is 17.2 Å². The van der Waals surface area contributed by atoms with Crippen molar-refractivity contribution < 1.29 is 23.1 Å². The van der Waals surface area contributed by atoms with Crippen molar-refractivity contribution in [3.8, 4) is 0 Å². The van der Waals surface area contributed by atoms with Crippen LogP contribution in [-0.4, -0.2) is 11.4 Å². The number of benzene rings is 2. The zero-order valence-electron chi connectivity index (χ0n) is 10.7. The third-order valence-corrected chi connectivity index (χ3v) is 3.75. The minimum Gasteiger partial charge on any atom is -0.381 e. The molecule has 0 aliphatic heterocycles. The van der Waals surface area contributed by atoms with Crippen molar-refractivity contribution in [1.82, 2.24) is 0 Å². The zero-order chi connectivity index (χ0) is 15.5. The number of alkyl halides is 3. The lowest BCUT2D eigenvalue weighted by Crippen LogP contribution is -2.04. The Labute approximate surface area is 123 Å². The number of hydrogen-bond donors (Lipinski definition) is 1. The number of rotatable bonds is 4. The molecule has 2 nitrogen and oxygen atoms in total. The first kappa shape index (κ1) is 15.6. The Bertz CT molecular complexity index is 624. The molecular formula is C15H11F3O2S. The summed E-state index contributed by atoms with van der Waals surface area (Å²) >= 11 is 1.18. The van der Waals surface area contributed by atoms with Crippen LogP contribution in [0.15, 0.2) is 58.3 Å². The molecule has 6 heteroatoms. The zero-order valence-corrected chi connectivity index (χ0v) is 11.5. The first-order chi connectivity index (χ1) is 9.90. The summed E-state index contributed by atoms with van der Waals surface area (Å²) in [5, 5.41) is 9.34. The van der Waals surface area contributed by atoms with Crippen molar-refractivity contribution in [1.29, 1.82) is 0 Å². The van der Waals surface area contributed by atoms with Crippen molar-refractivity contribution >= 4 is 18.0 Å². The van der Waals surface area contributed by atoms with Crippen LogP contribution in [0.2, 0.25) is 0 Å². The summed E-state index contributed by atoms with van der Waals surface area (Å²) in [5.74, 6) is 0. The van der Waals surface area contributed by atoms with Gasteiger partial charge in [0.05, 0.1) is 5.56 Å². The number of carbonyl (C=O) groups is 1. The largest absolute Gasteiger partial charge is 0.416 e. The van der Waals surface area contributed by atoms with Gasteiger partial charge in [0.1, 0.15) is 6.10 Å². The van der Waals surface area contributed by atoms with E-state index in [0.717, 1.165) is 17.0 Å². The van der Waals surface area contributed by atoms with E-state index in [0.29, 0.717) is 16.7 Å². The van der Waals surface area contributed by atoms with Gasteiger partial charge in [-0.05, 0) is 35.9 Å². The van der Waals surface area contributed by atoms with E-state index in [4.69, 9.17) is 0 Å². The Morgan fingerprint density at radius 1 is 1.05 bits per heavy atom. The number of aliphatic hydroxyl groups excluding tert-OH is 1. The number of hydrogen-bond acceptors (Lipinski definition) is 3. The van der Waals surface area contributed by atoms with Crippen LogP contribution in [0.4, 0.5) is 13.2 Å². The molecule has 21 heavy (non-hydrogen) atoms. The predicted octanol–water partition coefficient (Wildman–Crippen LogP) is 4.09. The summed E-state index contributed by atoms with van der Waals surface area (Å²) in [6, 6.07) is 11.5. The predicted molar refractivity (Wildman–Crippen MR) is 73.0 cm³/mol. The van der Waals surface area contributed by atoms with Gasteiger partial charge in [-0.2, -0.15) is 13.2 Å². The first-order valence-electron chi connectivity index (χ1n) is 5.98. The summed E-state index contributed by atoms with van der Waals surface area (Å²) in [6.07, 6.45) is -5.14. The molecule has 0 radical (unpaired) electrons. The highest BCUT2D eigenvalue weighted by atomic mass is 32.2. The lowest BCUT2D eigenvalue weighted by Gasteiger charge is -2.09. The monoisotopic (exact) mass is 312 g/mol. The van der Waals surface area contributed by atoms with Crippen LogP contribution in [0.5, 0.6) is 0 Å². The molecule has 2 aromatic rings. The van der Waals surface area contributed by atoms with Gasteiger partial charge in [0.15, 0.2) is 6.29 Å². The summed E-state index contributed by atoms with van der Waals surface area (Å²) in [7, 11) is 0. The van der Waals surface area contributed by atoms with Gasteiger partial charge in [-0.15, -0.1) is 0 Å². The van der Waals surface area contributed by atoms with Crippen LogP contribution in [-0.2, 0) is 11.0 Å². The van der Waals surface area contributed by atoms with E-state index in [-0.39, 0.29) is 0 Å². The highest BCUT2D eigenvalue weighted by molar-refractivity contribution is 7.99. The Morgan fingerprint density at radius 3 is 2.29 bits per heavy atom. The SMILES string of the molecule is O=CC(O)c1ccc(Sc2cccc(C(F)(F)F)c2)cc1. The van der Waals surface area contributed by atoms with Crippen molar-refractivity contribution in [2.24, 2.45) is 0 Å². The van der Waals surface area contributed by atoms with Crippen LogP contribution >= 0.6 is 11.8 Å². The van der Waals surface area contributed by atoms with E-state index in [9.17, 15) is 23.1 Å². The molecule has 1 atom stereocenters. The second-order valence-corrected chi connectivity index (χ2v) is 5.42. The molecule has 2 aromatic carbocycles. The van der Waals surface area contributed by atoms with Crippen molar-refractivity contribution in [2.45, 2.75) is 22.1 Å². The van der Waals surface area contributed by atoms with E-state index >= 15 is 0 Å². The molecule has 0 saturated heterocycles. The summed E-state index contributed by atoms with van der Waals surface area (Å²) in [4.78, 5) is 11.6. The molecule has 1 N–H and O–H groups in total. The molecule has 0 bridgehead atoms. The highest BCUT2D eigenvalue weighted by Gasteiger charge is 2.30.